The summed E-state index contributed by atoms with van der Waals surface area (Å²) in [6, 6.07) is 17.7. The lowest BCUT2D eigenvalue weighted by molar-refractivity contribution is 0.103. The quantitative estimate of drug-likeness (QED) is 0.377. The van der Waals surface area contributed by atoms with Crippen molar-refractivity contribution in [2.45, 2.75) is 13.8 Å². The molecule has 1 amide bonds. The van der Waals surface area contributed by atoms with Gasteiger partial charge in [0.1, 0.15) is 9.88 Å². The van der Waals surface area contributed by atoms with Gasteiger partial charge < -0.3 is 5.32 Å². The van der Waals surface area contributed by atoms with Crippen molar-refractivity contribution in [3.8, 4) is 21.8 Å². The average molecular weight is 431 g/mol. The number of nitrogens with zero attached hydrogens (tertiary/aromatic N) is 3. The molecular weight excluding hydrogens is 412 g/mol. The summed E-state index contributed by atoms with van der Waals surface area (Å²) in [5.41, 5.74) is 5.50. The molecule has 3 aromatic heterocycles. The molecule has 0 unspecified atom stereocenters. The number of thiazole rings is 2. The van der Waals surface area contributed by atoms with E-state index in [1.807, 2.05) is 67.7 Å². The predicted molar refractivity (Wildman–Crippen MR) is 123 cm³/mol. The summed E-state index contributed by atoms with van der Waals surface area (Å²) in [4.78, 5) is 23.8. The summed E-state index contributed by atoms with van der Waals surface area (Å²) in [7, 11) is 0. The Morgan fingerprint density at radius 1 is 1.00 bits per heavy atom. The fraction of sp³-hybridized carbons (Fsp3) is 0.0870. The molecule has 30 heavy (non-hydrogen) atoms. The minimum atomic E-state index is -0.147. The molecule has 0 aliphatic heterocycles. The summed E-state index contributed by atoms with van der Waals surface area (Å²) in [5, 5.41) is 5.95. The van der Waals surface area contributed by atoms with Gasteiger partial charge in [-0.25, -0.2) is 9.97 Å². The Hall–Kier alpha value is -3.29. The minimum absolute atomic E-state index is 0.147. The van der Waals surface area contributed by atoms with Crippen LogP contribution in [0.4, 0.5) is 5.69 Å². The summed E-state index contributed by atoms with van der Waals surface area (Å²) in [6.07, 6.45) is 2.03. The highest BCUT2D eigenvalue weighted by molar-refractivity contribution is 7.17. The first-order valence-corrected chi connectivity index (χ1v) is 11.2. The van der Waals surface area contributed by atoms with Gasteiger partial charge in [-0.05, 0) is 26.0 Å². The average Bonchev–Trinajstić information content (AvgIpc) is 3.45. The second kappa shape index (κ2) is 7.51. The molecule has 0 bridgehead atoms. The van der Waals surface area contributed by atoms with Crippen LogP contribution in [0.1, 0.15) is 21.1 Å². The minimum Gasteiger partial charge on any atom is -0.321 e. The molecule has 0 atom stereocenters. The Bertz CT molecular complexity index is 1360. The van der Waals surface area contributed by atoms with Crippen LogP contribution in [0.15, 0.2) is 66.2 Å². The zero-order chi connectivity index (χ0) is 20.7. The SMILES string of the molecule is Cc1nc(-c2ccccc2)sc1C(=O)Nc1cccc(-c2cn3c(C)csc3n2)c1. The predicted octanol–water partition coefficient (Wildman–Crippen LogP) is 6.06. The van der Waals surface area contributed by atoms with Crippen molar-refractivity contribution < 1.29 is 4.79 Å². The van der Waals surface area contributed by atoms with E-state index in [-0.39, 0.29) is 5.91 Å². The molecule has 0 saturated heterocycles. The first kappa shape index (κ1) is 18.7. The van der Waals surface area contributed by atoms with E-state index >= 15 is 0 Å². The number of aryl methyl sites for hydroxylation is 2. The molecule has 5 rings (SSSR count). The number of amides is 1. The number of benzene rings is 2. The highest BCUT2D eigenvalue weighted by Gasteiger charge is 2.17. The number of fused-ring (bicyclic) bond motifs is 1. The molecule has 2 aromatic carbocycles. The summed E-state index contributed by atoms with van der Waals surface area (Å²) < 4.78 is 2.08. The van der Waals surface area contributed by atoms with Crippen LogP contribution in [0.25, 0.3) is 26.8 Å². The first-order valence-electron chi connectivity index (χ1n) is 9.46. The number of aromatic nitrogens is 3. The van der Waals surface area contributed by atoms with Gasteiger partial charge in [-0.15, -0.1) is 22.7 Å². The molecule has 5 nitrogen and oxygen atoms in total. The summed E-state index contributed by atoms with van der Waals surface area (Å²) in [6.45, 7) is 3.93. The van der Waals surface area contributed by atoms with Gasteiger partial charge in [-0.1, -0.05) is 42.5 Å². The molecule has 5 aromatic rings. The molecule has 3 heterocycles. The van der Waals surface area contributed by atoms with Crippen molar-refractivity contribution in [1.29, 1.82) is 0 Å². The maximum absolute atomic E-state index is 12.9. The highest BCUT2D eigenvalue weighted by atomic mass is 32.1. The van der Waals surface area contributed by atoms with Gasteiger partial charge in [0.05, 0.1) is 11.4 Å². The van der Waals surface area contributed by atoms with Crippen LogP contribution in [0.5, 0.6) is 0 Å². The molecule has 1 N–H and O–H groups in total. The van der Waals surface area contributed by atoms with Crippen molar-refractivity contribution in [1.82, 2.24) is 14.4 Å². The van der Waals surface area contributed by atoms with E-state index in [1.54, 1.807) is 11.3 Å². The second-order valence-corrected chi connectivity index (χ2v) is 8.83. The number of anilines is 1. The lowest BCUT2D eigenvalue weighted by Crippen LogP contribution is -2.11. The molecule has 0 fully saturated rings. The van der Waals surface area contributed by atoms with Crippen LogP contribution in [0.2, 0.25) is 0 Å². The van der Waals surface area contributed by atoms with E-state index in [2.05, 4.69) is 27.0 Å². The molecule has 7 heteroatoms. The van der Waals surface area contributed by atoms with Gasteiger partial charge in [0, 0.05) is 34.1 Å². The largest absolute Gasteiger partial charge is 0.321 e. The van der Waals surface area contributed by atoms with E-state index in [9.17, 15) is 4.79 Å². The number of carbonyl (C=O) groups is 1. The van der Waals surface area contributed by atoms with Crippen LogP contribution in [-0.2, 0) is 0 Å². The van der Waals surface area contributed by atoms with Gasteiger partial charge in [-0.2, -0.15) is 0 Å². The molecule has 148 valence electrons. The lowest BCUT2D eigenvalue weighted by Gasteiger charge is -2.06. The van der Waals surface area contributed by atoms with Gasteiger partial charge in [-0.3, -0.25) is 9.20 Å². The summed E-state index contributed by atoms with van der Waals surface area (Å²) in [5.74, 6) is -0.147. The molecule has 0 spiro atoms. The molecule has 0 aliphatic carbocycles. The second-order valence-electron chi connectivity index (χ2n) is 6.99. The van der Waals surface area contributed by atoms with Gasteiger partial charge in [0.25, 0.3) is 5.91 Å². The van der Waals surface area contributed by atoms with Crippen LogP contribution < -0.4 is 5.32 Å². The van der Waals surface area contributed by atoms with E-state index < -0.39 is 0 Å². The van der Waals surface area contributed by atoms with E-state index in [0.29, 0.717) is 4.88 Å². The Morgan fingerprint density at radius 3 is 2.60 bits per heavy atom. The number of imidazole rings is 1. The zero-order valence-electron chi connectivity index (χ0n) is 16.4. The number of rotatable bonds is 4. The molecule has 0 aliphatic rings. The third-order valence-corrected chi connectivity index (χ3v) is 6.99. The maximum Gasteiger partial charge on any atom is 0.267 e. The normalized spacial score (nSPS) is 11.1. The Balaban J connectivity index is 1.40. The van der Waals surface area contributed by atoms with Crippen molar-refractivity contribution in [2.24, 2.45) is 0 Å². The number of hydrogen-bond donors (Lipinski definition) is 1. The Kier molecular flexibility index (Phi) is 4.69. The molecule has 0 radical (unpaired) electrons. The summed E-state index contributed by atoms with van der Waals surface area (Å²) >= 11 is 3.03. The highest BCUT2D eigenvalue weighted by Crippen LogP contribution is 2.29. The van der Waals surface area contributed by atoms with Crippen molar-refractivity contribution >= 4 is 39.2 Å². The van der Waals surface area contributed by atoms with Crippen LogP contribution in [-0.4, -0.2) is 20.3 Å². The smallest absolute Gasteiger partial charge is 0.267 e. The van der Waals surface area contributed by atoms with E-state index in [0.717, 1.165) is 43.9 Å². The van der Waals surface area contributed by atoms with Crippen LogP contribution in [0.3, 0.4) is 0 Å². The Morgan fingerprint density at radius 2 is 1.80 bits per heavy atom. The van der Waals surface area contributed by atoms with Crippen molar-refractivity contribution in [3.63, 3.8) is 0 Å². The maximum atomic E-state index is 12.9. The standard InChI is InChI=1S/C23H18N4OS2/c1-14-13-29-23-26-19(12-27(14)23)17-9-6-10-18(11-17)25-21(28)20-15(2)24-22(30-20)16-7-4-3-5-8-16/h3-13H,1-2H3,(H,25,28). The number of nitrogens with one attached hydrogen (secondary N) is 1. The fourth-order valence-electron chi connectivity index (χ4n) is 3.29. The monoisotopic (exact) mass is 430 g/mol. The Labute approximate surface area is 181 Å². The van der Waals surface area contributed by atoms with Gasteiger partial charge >= 0.3 is 0 Å². The molecule has 0 saturated carbocycles. The third kappa shape index (κ3) is 3.42. The zero-order valence-corrected chi connectivity index (χ0v) is 18.1. The van der Waals surface area contributed by atoms with Gasteiger partial charge in [0.2, 0.25) is 0 Å². The lowest BCUT2D eigenvalue weighted by atomic mass is 10.1. The van der Waals surface area contributed by atoms with E-state index in [4.69, 9.17) is 4.98 Å². The fourth-order valence-corrected chi connectivity index (χ4v) is 5.11. The topological polar surface area (TPSA) is 59.3 Å². The number of carbonyl (C=O) groups excluding carboxylic acids is 1. The van der Waals surface area contributed by atoms with Crippen LogP contribution >= 0.6 is 22.7 Å². The first-order chi connectivity index (χ1) is 14.6. The van der Waals surface area contributed by atoms with Crippen molar-refractivity contribution in [2.75, 3.05) is 5.32 Å². The third-order valence-electron chi connectivity index (χ3n) is 4.83. The van der Waals surface area contributed by atoms with E-state index in [1.165, 1.54) is 11.3 Å². The molecular formula is C23H18N4OS2. The van der Waals surface area contributed by atoms with Gasteiger partial charge in [0.15, 0.2) is 4.96 Å². The number of hydrogen-bond acceptors (Lipinski definition) is 5. The van der Waals surface area contributed by atoms with Crippen LogP contribution in [0, 0.1) is 13.8 Å². The van der Waals surface area contributed by atoms with Crippen molar-refractivity contribution in [3.05, 3.63) is 82.4 Å².